The lowest BCUT2D eigenvalue weighted by Gasteiger charge is -2.25. The molecule has 0 saturated carbocycles. The molecule has 0 fully saturated rings. The quantitative estimate of drug-likeness (QED) is 0.0211. The number of carbonyl (C=O) groups excluding carboxylic acids is 2. The van der Waals surface area contributed by atoms with Crippen LogP contribution in [0, 0.1) is 0 Å². The third-order valence-electron chi connectivity index (χ3n) is 14.3. The van der Waals surface area contributed by atoms with Gasteiger partial charge in [0.2, 0.25) is 0 Å². The Morgan fingerprint density at radius 1 is 0.383 bits per heavy atom. The number of nitrogens with zero attached hydrogens (tertiary/aromatic N) is 1. The summed E-state index contributed by atoms with van der Waals surface area (Å²) >= 11 is 0. The molecular weight excluding hydrogens is 1010 g/mol. The summed E-state index contributed by atoms with van der Waals surface area (Å²) in [6, 6.07) is 0. The first kappa shape index (κ1) is 77.2. The van der Waals surface area contributed by atoms with Crippen molar-refractivity contribution in [2.45, 2.75) is 296 Å². The van der Waals surface area contributed by atoms with Crippen molar-refractivity contribution in [1.29, 1.82) is 0 Å². The second kappa shape index (κ2) is 62.3. The van der Waals surface area contributed by atoms with E-state index in [1.807, 2.05) is 21.1 Å². The van der Waals surface area contributed by atoms with E-state index in [2.05, 4.69) is 111 Å². The molecule has 0 aromatic carbocycles. The van der Waals surface area contributed by atoms with E-state index < -0.39 is 24.3 Å². The summed E-state index contributed by atoms with van der Waals surface area (Å²) in [5.74, 6) is -2.01. The molecule has 0 bridgehead atoms. The Morgan fingerprint density at radius 2 is 0.704 bits per heavy atom. The Hall–Kier alpha value is -3.79. The van der Waals surface area contributed by atoms with E-state index in [1.54, 1.807) is 0 Å². The molecule has 0 radical (unpaired) electrons. The minimum atomic E-state index is -1.52. The second-order valence-corrected chi connectivity index (χ2v) is 23.4. The van der Waals surface area contributed by atoms with Crippen LogP contribution in [0.15, 0.2) is 97.2 Å². The van der Waals surface area contributed by atoms with Crippen LogP contribution in [0.1, 0.15) is 284 Å². The molecule has 1 N–H and O–H groups in total. The van der Waals surface area contributed by atoms with Crippen molar-refractivity contribution in [2.24, 2.45) is 0 Å². The third kappa shape index (κ3) is 63.6. The van der Waals surface area contributed by atoms with Crippen LogP contribution in [-0.2, 0) is 33.3 Å². The van der Waals surface area contributed by atoms with Gasteiger partial charge in [-0.2, -0.15) is 0 Å². The number of hydrogen-bond acceptors (Lipinski definition) is 7. The van der Waals surface area contributed by atoms with E-state index >= 15 is 0 Å². The van der Waals surface area contributed by atoms with Crippen molar-refractivity contribution in [3.05, 3.63) is 97.2 Å². The minimum Gasteiger partial charge on any atom is -0.477 e. The molecule has 9 nitrogen and oxygen atoms in total. The number of carboxylic acids is 1. The fraction of sp³-hybridized carbons (Fsp3) is 0.736. The molecule has 466 valence electrons. The van der Waals surface area contributed by atoms with Gasteiger partial charge in [-0.1, -0.05) is 272 Å². The van der Waals surface area contributed by atoms with Gasteiger partial charge in [0, 0.05) is 12.8 Å². The van der Waals surface area contributed by atoms with Crippen molar-refractivity contribution < 1.29 is 42.9 Å². The lowest BCUT2D eigenvalue weighted by Crippen LogP contribution is -2.40. The lowest BCUT2D eigenvalue weighted by atomic mass is 10.0. The van der Waals surface area contributed by atoms with Crippen molar-refractivity contribution in [2.75, 3.05) is 47.5 Å². The summed E-state index contributed by atoms with van der Waals surface area (Å²) in [5.41, 5.74) is 0. The molecule has 0 aliphatic carbocycles. The van der Waals surface area contributed by atoms with Crippen LogP contribution in [0.5, 0.6) is 0 Å². The number of likely N-dealkylation sites (N-methyl/N-ethyl adjacent to an activating group) is 1. The van der Waals surface area contributed by atoms with Gasteiger partial charge in [-0.05, 0) is 96.3 Å². The highest BCUT2D eigenvalue weighted by Gasteiger charge is 2.25. The van der Waals surface area contributed by atoms with E-state index in [0.717, 1.165) is 89.9 Å². The van der Waals surface area contributed by atoms with Gasteiger partial charge in [0.25, 0.3) is 6.29 Å². The molecular formula is C72H126NO8+. The van der Waals surface area contributed by atoms with Crippen LogP contribution in [0.25, 0.3) is 0 Å². The topological polar surface area (TPSA) is 108 Å². The van der Waals surface area contributed by atoms with Gasteiger partial charge in [0.15, 0.2) is 6.10 Å². The Labute approximate surface area is 499 Å². The first-order valence-corrected chi connectivity index (χ1v) is 33.4. The number of carboxylic acid groups (broad SMARTS) is 1. The van der Waals surface area contributed by atoms with Crippen LogP contribution in [0.4, 0.5) is 0 Å². The van der Waals surface area contributed by atoms with E-state index in [0.29, 0.717) is 23.9 Å². The lowest BCUT2D eigenvalue weighted by molar-refractivity contribution is -0.870. The number of esters is 2. The molecule has 0 spiro atoms. The summed E-state index contributed by atoms with van der Waals surface area (Å²) in [5, 5.41) is 9.74. The van der Waals surface area contributed by atoms with Crippen molar-refractivity contribution in [1.82, 2.24) is 0 Å². The maximum absolute atomic E-state index is 12.9. The number of quaternary nitrogens is 1. The zero-order valence-corrected chi connectivity index (χ0v) is 53.2. The molecule has 0 aliphatic rings. The number of unbranched alkanes of at least 4 members (excludes halogenated alkanes) is 30. The van der Waals surface area contributed by atoms with E-state index in [1.165, 1.54) is 161 Å². The molecule has 0 rings (SSSR count). The van der Waals surface area contributed by atoms with Gasteiger partial charge in [-0.3, -0.25) is 9.59 Å². The first-order valence-electron chi connectivity index (χ1n) is 33.4. The van der Waals surface area contributed by atoms with Crippen LogP contribution < -0.4 is 0 Å². The zero-order valence-electron chi connectivity index (χ0n) is 53.2. The molecule has 2 atom stereocenters. The van der Waals surface area contributed by atoms with E-state index in [9.17, 15) is 19.5 Å². The first-order chi connectivity index (χ1) is 39.6. The highest BCUT2D eigenvalue weighted by molar-refractivity contribution is 5.71. The summed E-state index contributed by atoms with van der Waals surface area (Å²) in [4.78, 5) is 37.6. The number of hydrogen-bond donors (Lipinski definition) is 1. The second-order valence-electron chi connectivity index (χ2n) is 23.4. The molecule has 0 aromatic heterocycles. The molecule has 0 aliphatic heterocycles. The predicted molar refractivity (Wildman–Crippen MR) is 345 cm³/mol. The zero-order chi connectivity index (χ0) is 59.1. The SMILES string of the molecule is CC/C=C\C/C=C\C/C=C\C/C=C\C/C=C\C/C=C\CCCCCCCCCCC(=O)OC(COC(=O)CCCCCCCCCCCCCCCCCCC/C=C\C/C=C\CCCCCCC)COC(OCC[N+](C)(C)C)C(=O)O. The van der Waals surface area contributed by atoms with Crippen molar-refractivity contribution in [3.8, 4) is 0 Å². The predicted octanol–water partition coefficient (Wildman–Crippen LogP) is 20.5. The number of allylic oxidation sites excluding steroid dienone is 16. The molecule has 0 amide bonds. The van der Waals surface area contributed by atoms with E-state index in [4.69, 9.17) is 18.9 Å². The van der Waals surface area contributed by atoms with Crippen LogP contribution >= 0.6 is 0 Å². The summed E-state index contributed by atoms with van der Waals surface area (Å²) in [6.07, 6.45) is 82.2. The van der Waals surface area contributed by atoms with Gasteiger partial charge < -0.3 is 28.5 Å². The molecule has 0 heterocycles. The highest BCUT2D eigenvalue weighted by Crippen LogP contribution is 2.17. The molecule has 9 heteroatoms. The van der Waals surface area contributed by atoms with Gasteiger partial charge in [0.1, 0.15) is 13.2 Å². The normalized spacial score (nSPS) is 13.3. The number of rotatable bonds is 61. The van der Waals surface area contributed by atoms with Gasteiger partial charge in [0.05, 0.1) is 34.4 Å². The van der Waals surface area contributed by atoms with Gasteiger partial charge in [-0.15, -0.1) is 0 Å². The molecule has 81 heavy (non-hydrogen) atoms. The smallest absolute Gasteiger partial charge is 0.361 e. The summed E-state index contributed by atoms with van der Waals surface area (Å²) in [7, 11) is 5.97. The Bertz CT molecular complexity index is 1650. The standard InChI is InChI=1S/C72H125NO8/c1-6-8-10-12-14-16-18-20-22-24-26-28-30-32-34-35-37-38-40-42-44-46-48-50-52-54-56-58-60-62-69(74)79-66-68(67-80-72(71(76)77)78-65-64-73(3,4)5)81-70(75)63-61-59-57-55-53-51-49-47-45-43-41-39-36-33-31-29-27-25-23-21-19-17-15-13-11-9-7-2/h9,11,15,17-18,20-21,23-24,26-27,29,33,36,41,43,68,72H,6-8,10,12-14,16,19,22,25,28,30-32,34-35,37-40,42,44-67H2,1-5H3/p+1/b11-9-,17-15-,20-18-,23-21-,26-24-,29-27-,36-33-,43-41-. The number of ether oxygens (including phenoxy) is 4. The minimum absolute atomic E-state index is 0.182. The fourth-order valence-corrected chi connectivity index (χ4v) is 9.23. The van der Waals surface area contributed by atoms with Gasteiger partial charge in [-0.25, -0.2) is 4.79 Å². The molecule has 2 unspecified atom stereocenters. The van der Waals surface area contributed by atoms with Gasteiger partial charge >= 0.3 is 17.9 Å². The van der Waals surface area contributed by atoms with Crippen molar-refractivity contribution >= 4 is 17.9 Å². The van der Waals surface area contributed by atoms with Crippen LogP contribution in [-0.4, -0.2) is 87.4 Å². The summed E-state index contributed by atoms with van der Waals surface area (Å²) in [6.45, 7) is 4.76. The average molecular weight is 1130 g/mol. The largest absolute Gasteiger partial charge is 0.477 e. The fourth-order valence-electron chi connectivity index (χ4n) is 9.23. The number of aliphatic carboxylic acids is 1. The van der Waals surface area contributed by atoms with Crippen molar-refractivity contribution in [3.63, 3.8) is 0 Å². The van der Waals surface area contributed by atoms with Crippen LogP contribution in [0.2, 0.25) is 0 Å². The number of carbonyl (C=O) groups is 3. The summed E-state index contributed by atoms with van der Waals surface area (Å²) < 4.78 is 23.0. The third-order valence-corrected chi connectivity index (χ3v) is 14.3. The van der Waals surface area contributed by atoms with E-state index in [-0.39, 0.29) is 32.2 Å². The molecule has 0 aromatic rings. The Kier molecular flexibility index (Phi) is 59.3. The highest BCUT2D eigenvalue weighted by atomic mass is 16.7. The monoisotopic (exact) mass is 1130 g/mol. The average Bonchev–Trinajstić information content (AvgIpc) is 3.44. The maximum Gasteiger partial charge on any atom is 0.361 e. The maximum atomic E-state index is 12.9. The Morgan fingerprint density at radius 3 is 1.05 bits per heavy atom. The molecule has 0 saturated heterocycles. The van der Waals surface area contributed by atoms with Crippen LogP contribution in [0.3, 0.4) is 0 Å². The Balaban J connectivity index is 4.17.